The third-order valence-electron chi connectivity index (χ3n) is 3.95. The van der Waals surface area contributed by atoms with Gasteiger partial charge in [0, 0.05) is 24.3 Å². The van der Waals surface area contributed by atoms with Gasteiger partial charge in [-0.15, -0.1) is 10.2 Å². The topological polar surface area (TPSA) is 105 Å². The molecule has 0 aliphatic carbocycles. The van der Waals surface area contributed by atoms with E-state index in [0.29, 0.717) is 34.8 Å². The molecule has 2 aromatic heterocycles. The summed E-state index contributed by atoms with van der Waals surface area (Å²) >= 11 is 4.93. The van der Waals surface area contributed by atoms with E-state index in [2.05, 4.69) is 26.1 Å². The first-order valence-electron chi connectivity index (χ1n) is 8.32. The molecule has 2 heterocycles. The van der Waals surface area contributed by atoms with Gasteiger partial charge in [0.15, 0.2) is 16.7 Å². The van der Waals surface area contributed by atoms with Crippen molar-refractivity contribution in [2.45, 2.75) is 23.9 Å². The molecule has 0 saturated heterocycles. The number of benzene rings is 1. The van der Waals surface area contributed by atoms with E-state index in [1.54, 1.807) is 32.6 Å². The average molecular weight is 467 g/mol. The Morgan fingerprint density at radius 1 is 1.29 bits per heavy atom. The fourth-order valence-electron chi connectivity index (χ4n) is 2.59. The molecule has 0 unspecified atom stereocenters. The highest BCUT2D eigenvalue weighted by Gasteiger charge is 2.18. The van der Waals surface area contributed by atoms with Crippen molar-refractivity contribution in [3.05, 3.63) is 40.6 Å². The lowest BCUT2D eigenvalue weighted by molar-refractivity contribution is -0.118. The number of amides is 1. The molecule has 0 fully saturated rings. The van der Waals surface area contributed by atoms with Crippen molar-refractivity contribution in [1.29, 1.82) is 0 Å². The summed E-state index contributed by atoms with van der Waals surface area (Å²) < 4.78 is 18.9. The molecule has 1 amide bonds. The molecule has 148 valence electrons. The smallest absolute Gasteiger partial charge is 0.219 e. The number of primary amides is 1. The normalized spacial score (nSPS) is 10.8. The summed E-state index contributed by atoms with van der Waals surface area (Å²) in [4.78, 5) is 11.3. The van der Waals surface area contributed by atoms with Gasteiger partial charge in [0.05, 0.1) is 25.0 Å². The Labute approximate surface area is 174 Å². The minimum atomic E-state index is -0.394. The first-order chi connectivity index (χ1) is 13.5. The predicted molar refractivity (Wildman–Crippen MR) is 108 cm³/mol. The van der Waals surface area contributed by atoms with Gasteiger partial charge in [0.1, 0.15) is 11.5 Å². The summed E-state index contributed by atoms with van der Waals surface area (Å²) in [6.07, 6.45) is 1.74. The van der Waals surface area contributed by atoms with Crippen molar-refractivity contribution >= 4 is 33.6 Å². The number of thioether (sulfide) groups is 1. The molecule has 0 spiro atoms. The van der Waals surface area contributed by atoms with Crippen molar-refractivity contribution in [2.24, 2.45) is 5.73 Å². The van der Waals surface area contributed by atoms with E-state index in [1.807, 2.05) is 16.7 Å². The number of halogens is 1. The highest BCUT2D eigenvalue weighted by molar-refractivity contribution is 9.10. The lowest BCUT2D eigenvalue weighted by atomic mass is 10.2. The fraction of sp³-hybridized carbons (Fsp3) is 0.278. The largest absolute Gasteiger partial charge is 0.496 e. The van der Waals surface area contributed by atoms with E-state index in [9.17, 15) is 4.79 Å². The minimum absolute atomic E-state index is 0.175. The Morgan fingerprint density at radius 2 is 2.07 bits per heavy atom. The summed E-state index contributed by atoms with van der Waals surface area (Å²) in [5.41, 5.74) is 6.26. The predicted octanol–water partition coefficient (Wildman–Crippen LogP) is 3.49. The van der Waals surface area contributed by atoms with Crippen LogP contribution in [0.5, 0.6) is 11.5 Å². The number of ether oxygens (including phenoxy) is 2. The Hall–Kier alpha value is -2.46. The van der Waals surface area contributed by atoms with Crippen molar-refractivity contribution in [2.75, 3.05) is 14.2 Å². The van der Waals surface area contributed by atoms with E-state index in [-0.39, 0.29) is 6.42 Å². The molecular weight excluding hydrogens is 448 g/mol. The number of aromatic nitrogens is 3. The highest BCUT2D eigenvalue weighted by atomic mass is 79.9. The molecule has 28 heavy (non-hydrogen) atoms. The van der Waals surface area contributed by atoms with Gasteiger partial charge in [-0.25, -0.2) is 0 Å². The molecule has 3 rings (SSSR count). The van der Waals surface area contributed by atoms with Crippen LogP contribution in [-0.2, 0) is 17.1 Å². The molecule has 0 bridgehead atoms. The maximum atomic E-state index is 11.3. The van der Waals surface area contributed by atoms with Gasteiger partial charge in [-0.3, -0.25) is 9.36 Å². The Bertz CT molecular complexity index is 959. The number of carbonyl (C=O) groups excluding carboxylic acids is 1. The van der Waals surface area contributed by atoms with Crippen molar-refractivity contribution < 1.29 is 18.7 Å². The van der Waals surface area contributed by atoms with E-state index in [1.165, 1.54) is 11.8 Å². The zero-order chi connectivity index (χ0) is 20.1. The summed E-state index contributed by atoms with van der Waals surface area (Å²) in [6.45, 7) is 0.363. The van der Waals surface area contributed by atoms with E-state index < -0.39 is 5.91 Å². The average Bonchev–Trinajstić information content (AvgIpc) is 3.34. The van der Waals surface area contributed by atoms with Crippen LogP contribution in [0.15, 0.2) is 44.6 Å². The lowest BCUT2D eigenvalue weighted by Gasteiger charge is -2.12. The zero-order valence-corrected chi connectivity index (χ0v) is 17.7. The summed E-state index contributed by atoms with van der Waals surface area (Å²) in [5.74, 6) is 2.74. The van der Waals surface area contributed by atoms with Gasteiger partial charge >= 0.3 is 0 Å². The first-order valence-corrected chi connectivity index (χ1v) is 10.1. The summed E-state index contributed by atoms with van der Waals surface area (Å²) in [5, 5.41) is 9.13. The van der Waals surface area contributed by atoms with Crippen LogP contribution in [0.1, 0.15) is 12.0 Å². The maximum Gasteiger partial charge on any atom is 0.219 e. The second-order valence-corrected chi connectivity index (χ2v) is 7.54. The van der Waals surface area contributed by atoms with Crippen LogP contribution in [0, 0.1) is 0 Å². The number of furan rings is 1. The lowest BCUT2D eigenvalue weighted by Crippen LogP contribution is -2.15. The minimum Gasteiger partial charge on any atom is -0.496 e. The van der Waals surface area contributed by atoms with Crippen molar-refractivity contribution in [3.63, 3.8) is 0 Å². The van der Waals surface area contributed by atoms with Crippen LogP contribution in [0.4, 0.5) is 0 Å². The van der Waals surface area contributed by atoms with Crippen LogP contribution in [-0.4, -0.2) is 34.9 Å². The molecular formula is C18H19BrN4O4S. The highest BCUT2D eigenvalue weighted by Crippen LogP contribution is 2.36. The molecule has 8 nitrogen and oxygen atoms in total. The number of carbonyl (C=O) groups is 1. The third-order valence-corrected chi connectivity index (χ3v) is 5.59. The Balaban J connectivity index is 1.87. The Morgan fingerprint density at radius 3 is 2.71 bits per heavy atom. The molecule has 2 N–H and O–H groups in total. The first kappa shape index (κ1) is 20.3. The molecule has 0 aliphatic rings. The van der Waals surface area contributed by atoms with Crippen LogP contribution in [0.25, 0.3) is 11.6 Å². The van der Waals surface area contributed by atoms with Gasteiger partial charge in [0.2, 0.25) is 5.91 Å². The molecule has 0 radical (unpaired) electrons. The van der Waals surface area contributed by atoms with E-state index >= 15 is 0 Å². The van der Waals surface area contributed by atoms with Crippen molar-refractivity contribution in [3.8, 4) is 23.1 Å². The second-order valence-electron chi connectivity index (χ2n) is 5.74. The standard InChI is InChI=1S/C18H19BrN4O4S/c1-25-14-9-12(19)15(26-2)8-11(14)10-28-18-22-21-17(13-4-3-7-27-13)23(18)6-5-16(20)24/h3-4,7-9H,5-6,10H2,1-2H3,(H2,20,24). The molecule has 0 atom stereocenters. The SMILES string of the molecule is COc1cc(CSc2nnc(-c3ccco3)n2CCC(N)=O)c(OC)cc1Br. The second kappa shape index (κ2) is 9.16. The van der Waals surface area contributed by atoms with Crippen LogP contribution in [0.2, 0.25) is 0 Å². The van der Waals surface area contributed by atoms with E-state index in [0.717, 1.165) is 15.8 Å². The summed E-state index contributed by atoms with van der Waals surface area (Å²) in [7, 11) is 3.23. The number of rotatable bonds is 9. The molecule has 10 heteroatoms. The van der Waals surface area contributed by atoms with Crippen molar-refractivity contribution in [1.82, 2.24) is 14.8 Å². The molecule has 0 saturated carbocycles. The fourth-order valence-corrected chi connectivity index (χ4v) is 4.01. The number of nitrogens with two attached hydrogens (primary N) is 1. The Kier molecular flexibility index (Phi) is 6.63. The molecule has 1 aromatic carbocycles. The van der Waals surface area contributed by atoms with Crippen LogP contribution >= 0.6 is 27.7 Å². The number of methoxy groups -OCH3 is 2. The van der Waals surface area contributed by atoms with Gasteiger partial charge in [-0.1, -0.05) is 11.8 Å². The van der Waals surface area contributed by atoms with Gasteiger partial charge in [0.25, 0.3) is 0 Å². The van der Waals surface area contributed by atoms with Crippen LogP contribution < -0.4 is 15.2 Å². The third kappa shape index (κ3) is 4.50. The molecule has 3 aromatic rings. The zero-order valence-electron chi connectivity index (χ0n) is 15.3. The monoisotopic (exact) mass is 466 g/mol. The van der Waals surface area contributed by atoms with Gasteiger partial charge in [-0.2, -0.15) is 0 Å². The number of hydrogen-bond donors (Lipinski definition) is 1. The number of nitrogens with zero attached hydrogens (tertiary/aromatic N) is 3. The van der Waals surface area contributed by atoms with Gasteiger partial charge < -0.3 is 19.6 Å². The number of hydrogen-bond acceptors (Lipinski definition) is 7. The van der Waals surface area contributed by atoms with E-state index in [4.69, 9.17) is 19.6 Å². The molecule has 0 aliphatic heterocycles. The van der Waals surface area contributed by atoms with Crippen LogP contribution in [0.3, 0.4) is 0 Å². The van der Waals surface area contributed by atoms with Gasteiger partial charge in [-0.05, 0) is 40.2 Å². The maximum absolute atomic E-state index is 11.3. The quantitative estimate of drug-likeness (QED) is 0.481. The summed E-state index contributed by atoms with van der Waals surface area (Å²) in [6, 6.07) is 7.34.